The smallest absolute Gasteiger partial charge is 0.252 e. The van der Waals surface area contributed by atoms with E-state index in [9.17, 15) is 9.59 Å². The first-order valence-corrected chi connectivity index (χ1v) is 10.6. The Kier molecular flexibility index (Phi) is 7.96. The highest BCUT2D eigenvalue weighted by molar-refractivity contribution is 6.01. The van der Waals surface area contributed by atoms with Crippen LogP contribution in [0.1, 0.15) is 41.4 Å². The van der Waals surface area contributed by atoms with Crippen LogP contribution in [0.2, 0.25) is 0 Å². The molecule has 3 aromatic carbocycles. The van der Waals surface area contributed by atoms with Crippen LogP contribution in [0.25, 0.3) is 0 Å². The Labute approximate surface area is 184 Å². The summed E-state index contributed by atoms with van der Waals surface area (Å²) in [7, 11) is 0. The van der Waals surface area contributed by atoms with Crippen molar-refractivity contribution >= 4 is 17.5 Å². The van der Waals surface area contributed by atoms with E-state index in [1.54, 1.807) is 24.3 Å². The Morgan fingerprint density at radius 1 is 0.839 bits per heavy atom. The van der Waals surface area contributed by atoms with Crippen LogP contribution in [0.15, 0.2) is 84.9 Å². The molecule has 0 bridgehead atoms. The first-order valence-electron chi connectivity index (χ1n) is 10.6. The number of hydrogen-bond donors (Lipinski definition) is 2. The van der Waals surface area contributed by atoms with Gasteiger partial charge in [-0.25, -0.2) is 0 Å². The fraction of sp³-hybridized carbons (Fsp3) is 0.231. The number of rotatable bonds is 9. The van der Waals surface area contributed by atoms with Gasteiger partial charge in [0, 0.05) is 17.8 Å². The van der Waals surface area contributed by atoms with Gasteiger partial charge in [-0.15, -0.1) is 0 Å². The largest absolute Gasteiger partial charge is 0.336 e. The van der Waals surface area contributed by atoms with Crippen molar-refractivity contribution in [1.82, 2.24) is 10.2 Å². The summed E-state index contributed by atoms with van der Waals surface area (Å²) in [5.41, 5.74) is 3.08. The van der Waals surface area contributed by atoms with E-state index in [1.807, 2.05) is 54.6 Å². The van der Waals surface area contributed by atoms with Gasteiger partial charge in [-0.1, -0.05) is 74.5 Å². The van der Waals surface area contributed by atoms with Crippen molar-refractivity contribution in [2.75, 3.05) is 18.4 Å². The van der Waals surface area contributed by atoms with Gasteiger partial charge in [-0.3, -0.25) is 14.5 Å². The zero-order chi connectivity index (χ0) is 22.1. The minimum absolute atomic E-state index is 0.282. The highest BCUT2D eigenvalue weighted by atomic mass is 16.2. The molecule has 0 aliphatic rings. The van der Waals surface area contributed by atoms with Crippen LogP contribution in [-0.2, 0) is 11.3 Å². The Bertz CT molecular complexity index is 986. The maximum Gasteiger partial charge on any atom is 0.252 e. The Balaban J connectivity index is 1.78. The van der Waals surface area contributed by atoms with Crippen LogP contribution in [0.3, 0.4) is 0 Å². The van der Waals surface area contributed by atoms with E-state index < -0.39 is 6.04 Å². The third-order valence-electron chi connectivity index (χ3n) is 5.20. The van der Waals surface area contributed by atoms with E-state index >= 15 is 0 Å². The molecule has 31 heavy (non-hydrogen) atoms. The van der Waals surface area contributed by atoms with Crippen LogP contribution in [0.4, 0.5) is 5.69 Å². The molecule has 3 rings (SSSR count). The second kappa shape index (κ2) is 11.1. The van der Waals surface area contributed by atoms with Gasteiger partial charge in [0.05, 0.1) is 0 Å². The quantitative estimate of drug-likeness (QED) is 0.535. The summed E-state index contributed by atoms with van der Waals surface area (Å²) < 4.78 is 0. The predicted molar refractivity (Wildman–Crippen MR) is 125 cm³/mol. The highest BCUT2D eigenvalue weighted by Gasteiger charge is 2.23. The summed E-state index contributed by atoms with van der Waals surface area (Å²) in [5.74, 6) is -0.574. The molecule has 0 radical (unpaired) electrons. The van der Waals surface area contributed by atoms with Crippen molar-refractivity contribution < 1.29 is 9.59 Å². The first kappa shape index (κ1) is 22.2. The Hall–Kier alpha value is -3.44. The fourth-order valence-corrected chi connectivity index (χ4v) is 3.42. The monoisotopic (exact) mass is 415 g/mol. The summed E-state index contributed by atoms with van der Waals surface area (Å²) in [5, 5.41) is 5.85. The minimum Gasteiger partial charge on any atom is -0.336 e. The van der Waals surface area contributed by atoms with Gasteiger partial charge in [-0.05, 0) is 48.5 Å². The third kappa shape index (κ3) is 6.27. The molecule has 5 heteroatoms. The Morgan fingerprint density at radius 2 is 1.48 bits per heavy atom. The lowest BCUT2D eigenvalue weighted by atomic mass is 10.0. The molecule has 5 nitrogen and oxygen atoms in total. The van der Waals surface area contributed by atoms with E-state index in [-0.39, 0.29) is 11.8 Å². The Morgan fingerprint density at radius 3 is 2.13 bits per heavy atom. The van der Waals surface area contributed by atoms with Crippen LogP contribution in [0, 0.1) is 0 Å². The molecule has 160 valence electrons. The van der Waals surface area contributed by atoms with Crippen LogP contribution in [-0.4, -0.2) is 29.8 Å². The number of anilines is 1. The molecule has 0 saturated carbocycles. The van der Waals surface area contributed by atoms with E-state index in [4.69, 9.17) is 0 Å². The summed E-state index contributed by atoms with van der Waals surface area (Å²) >= 11 is 0. The van der Waals surface area contributed by atoms with Crippen molar-refractivity contribution in [1.29, 1.82) is 0 Å². The number of nitrogens with one attached hydrogen (secondary N) is 2. The maximum atomic E-state index is 13.2. The van der Waals surface area contributed by atoms with Crippen LogP contribution < -0.4 is 10.6 Å². The van der Waals surface area contributed by atoms with Crippen molar-refractivity contribution in [2.45, 2.75) is 26.4 Å². The second-order valence-electron chi connectivity index (χ2n) is 7.33. The van der Waals surface area contributed by atoms with E-state index in [1.165, 1.54) is 0 Å². The number of benzene rings is 3. The lowest BCUT2D eigenvalue weighted by Gasteiger charge is -2.20. The molecule has 0 aromatic heterocycles. The van der Waals surface area contributed by atoms with Crippen molar-refractivity contribution in [3.8, 4) is 0 Å². The van der Waals surface area contributed by atoms with Crippen molar-refractivity contribution in [3.63, 3.8) is 0 Å². The molecule has 0 saturated heterocycles. The molecule has 0 heterocycles. The van der Waals surface area contributed by atoms with Gasteiger partial charge in [-0.2, -0.15) is 0 Å². The van der Waals surface area contributed by atoms with Crippen LogP contribution >= 0.6 is 0 Å². The van der Waals surface area contributed by atoms with Gasteiger partial charge < -0.3 is 10.6 Å². The summed E-state index contributed by atoms with van der Waals surface area (Å²) in [6.45, 7) is 7.02. The normalized spacial score (nSPS) is 11.7. The standard InChI is InChI=1S/C26H29N3O2/c1-3-29(4-2)19-20-12-11-17-23(18-20)27-26(31)24(21-13-7-5-8-14-21)28-25(30)22-15-9-6-10-16-22/h5-18,24H,3-4,19H2,1-2H3,(H,27,31)(H,28,30). The zero-order valence-electron chi connectivity index (χ0n) is 18.0. The number of hydrogen-bond acceptors (Lipinski definition) is 3. The second-order valence-corrected chi connectivity index (χ2v) is 7.33. The van der Waals surface area contributed by atoms with Crippen molar-refractivity contribution in [2.24, 2.45) is 0 Å². The molecule has 0 aliphatic carbocycles. The van der Waals surface area contributed by atoms with Gasteiger partial charge >= 0.3 is 0 Å². The van der Waals surface area contributed by atoms with Gasteiger partial charge in [0.2, 0.25) is 0 Å². The number of amides is 2. The summed E-state index contributed by atoms with van der Waals surface area (Å²) in [4.78, 5) is 28.2. The molecule has 1 unspecified atom stereocenters. The predicted octanol–water partition coefficient (Wildman–Crippen LogP) is 4.64. The highest BCUT2D eigenvalue weighted by Crippen LogP contribution is 2.19. The maximum absolute atomic E-state index is 13.2. The lowest BCUT2D eigenvalue weighted by molar-refractivity contribution is -0.118. The number of nitrogens with zero attached hydrogens (tertiary/aromatic N) is 1. The SMILES string of the molecule is CCN(CC)Cc1cccc(NC(=O)C(NC(=O)c2ccccc2)c2ccccc2)c1. The topological polar surface area (TPSA) is 61.4 Å². The molecule has 0 aliphatic heterocycles. The molecule has 2 amide bonds. The molecular weight excluding hydrogens is 386 g/mol. The van der Waals surface area contributed by atoms with E-state index in [0.717, 1.165) is 30.8 Å². The minimum atomic E-state index is -0.805. The third-order valence-corrected chi connectivity index (χ3v) is 5.20. The molecule has 0 spiro atoms. The van der Waals surface area contributed by atoms with Crippen LogP contribution in [0.5, 0.6) is 0 Å². The zero-order valence-corrected chi connectivity index (χ0v) is 18.0. The molecular formula is C26H29N3O2. The average molecular weight is 416 g/mol. The average Bonchev–Trinajstić information content (AvgIpc) is 2.82. The molecule has 1 atom stereocenters. The number of carbonyl (C=O) groups is 2. The molecule has 0 fully saturated rings. The molecule has 3 aromatic rings. The van der Waals surface area contributed by atoms with Gasteiger partial charge in [0.1, 0.15) is 6.04 Å². The number of carbonyl (C=O) groups excluding carboxylic acids is 2. The van der Waals surface area contributed by atoms with Crippen molar-refractivity contribution in [3.05, 3.63) is 102 Å². The summed E-state index contributed by atoms with van der Waals surface area (Å²) in [6, 6.07) is 25.2. The van der Waals surface area contributed by atoms with E-state index in [0.29, 0.717) is 11.3 Å². The summed E-state index contributed by atoms with van der Waals surface area (Å²) in [6.07, 6.45) is 0. The molecule has 2 N–H and O–H groups in total. The van der Waals surface area contributed by atoms with E-state index in [2.05, 4.69) is 35.4 Å². The fourth-order valence-electron chi connectivity index (χ4n) is 3.42. The first-order chi connectivity index (χ1) is 15.1. The van der Waals surface area contributed by atoms with Gasteiger partial charge in [0.15, 0.2) is 0 Å². The van der Waals surface area contributed by atoms with Gasteiger partial charge in [0.25, 0.3) is 11.8 Å². The lowest BCUT2D eigenvalue weighted by Crippen LogP contribution is -2.37.